The molecule has 1 aromatic heterocycles. The fraction of sp³-hybridized carbons (Fsp3) is 0.294. The number of pyridine rings is 1. The highest BCUT2D eigenvalue weighted by molar-refractivity contribution is 5.94. The van der Waals surface area contributed by atoms with Crippen molar-refractivity contribution in [1.29, 1.82) is 0 Å². The van der Waals surface area contributed by atoms with Crippen molar-refractivity contribution >= 4 is 11.6 Å². The predicted molar refractivity (Wildman–Crippen MR) is 83.1 cm³/mol. The van der Waals surface area contributed by atoms with E-state index in [-0.39, 0.29) is 11.7 Å². The van der Waals surface area contributed by atoms with E-state index in [9.17, 15) is 9.90 Å². The van der Waals surface area contributed by atoms with Gasteiger partial charge in [0.25, 0.3) is 0 Å². The number of para-hydroxylation sites is 2. The first-order valence-electron chi connectivity index (χ1n) is 7.20. The first kappa shape index (κ1) is 15.0. The maximum Gasteiger partial charge on any atom is 0.227 e. The van der Waals surface area contributed by atoms with Crippen LogP contribution in [0.5, 0.6) is 5.75 Å². The van der Waals surface area contributed by atoms with E-state index in [4.69, 9.17) is 0 Å². The summed E-state index contributed by atoms with van der Waals surface area (Å²) in [4.78, 5) is 18.3. The molecule has 0 saturated carbocycles. The molecule has 21 heavy (non-hydrogen) atoms. The highest BCUT2D eigenvalue weighted by atomic mass is 16.3. The molecule has 1 heterocycles. The SMILES string of the molecule is CCCCC(=O)N(Cc1ccccn1)c1ccccc1O. The van der Waals surface area contributed by atoms with E-state index in [1.165, 1.54) is 0 Å². The van der Waals surface area contributed by atoms with Gasteiger partial charge in [0.15, 0.2) is 0 Å². The Balaban J connectivity index is 2.26. The summed E-state index contributed by atoms with van der Waals surface area (Å²) in [5.74, 6) is 0.113. The normalized spacial score (nSPS) is 10.3. The number of phenolic OH excluding ortho intramolecular Hbond substituents is 1. The number of anilines is 1. The number of aromatic hydroxyl groups is 1. The minimum atomic E-state index is 0.00371. The Hall–Kier alpha value is -2.36. The van der Waals surface area contributed by atoms with Crippen LogP contribution in [0, 0.1) is 0 Å². The number of hydrogen-bond acceptors (Lipinski definition) is 3. The summed E-state index contributed by atoms with van der Waals surface area (Å²) >= 11 is 0. The van der Waals surface area contributed by atoms with Gasteiger partial charge >= 0.3 is 0 Å². The monoisotopic (exact) mass is 284 g/mol. The van der Waals surface area contributed by atoms with Crippen molar-refractivity contribution in [3.63, 3.8) is 0 Å². The first-order valence-corrected chi connectivity index (χ1v) is 7.20. The fourth-order valence-electron chi connectivity index (χ4n) is 2.12. The third-order valence-corrected chi connectivity index (χ3v) is 3.26. The third kappa shape index (κ3) is 4.05. The Morgan fingerprint density at radius 1 is 1.19 bits per heavy atom. The van der Waals surface area contributed by atoms with Gasteiger partial charge in [-0.15, -0.1) is 0 Å². The number of rotatable bonds is 6. The summed E-state index contributed by atoms with van der Waals surface area (Å²) in [6, 6.07) is 12.5. The maximum absolute atomic E-state index is 12.4. The number of unbranched alkanes of at least 4 members (excludes halogenated alkanes) is 1. The van der Waals surface area contributed by atoms with Crippen LogP contribution in [0.15, 0.2) is 48.7 Å². The number of amides is 1. The molecule has 0 radical (unpaired) electrons. The second-order valence-electron chi connectivity index (χ2n) is 4.89. The van der Waals surface area contributed by atoms with Crippen molar-refractivity contribution in [2.45, 2.75) is 32.7 Å². The number of phenols is 1. The number of carbonyl (C=O) groups is 1. The maximum atomic E-state index is 12.4. The van der Waals surface area contributed by atoms with Crippen LogP contribution in [0.3, 0.4) is 0 Å². The number of benzene rings is 1. The predicted octanol–water partition coefficient (Wildman–Crippen LogP) is 3.51. The van der Waals surface area contributed by atoms with Gasteiger partial charge in [-0.1, -0.05) is 31.5 Å². The summed E-state index contributed by atoms with van der Waals surface area (Å²) < 4.78 is 0. The summed E-state index contributed by atoms with van der Waals surface area (Å²) in [5.41, 5.74) is 1.33. The number of aromatic nitrogens is 1. The summed E-state index contributed by atoms with van der Waals surface area (Å²) in [7, 11) is 0. The lowest BCUT2D eigenvalue weighted by atomic mass is 10.2. The topological polar surface area (TPSA) is 53.4 Å². The first-order chi connectivity index (χ1) is 10.2. The van der Waals surface area contributed by atoms with Crippen LogP contribution < -0.4 is 4.90 Å². The van der Waals surface area contributed by atoms with Crippen molar-refractivity contribution in [1.82, 2.24) is 4.98 Å². The lowest BCUT2D eigenvalue weighted by molar-refractivity contribution is -0.118. The van der Waals surface area contributed by atoms with Crippen LogP contribution in [-0.4, -0.2) is 16.0 Å². The Bertz CT molecular complexity index is 584. The van der Waals surface area contributed by atoms with Crippen molar-refractivity contribution in [2.75, 3.05) is 4.90 Å². The second-order valence-corrected chi connectivity index (χ2v) is 4.89. The second kappa shape index (κ2) is 7.43. The van der Waals surface area contributed by atoms with Gasteiger partial charge in [0.05, 0.1) is 17.9 Å². The zero-order valence-electron chi connectivity index (χ0n) is 12.2. The molecule has 0 spiro atoms. The molecule has 0 unspecified atom stereocenters. The van der Waals surface area contributed by atoms with Gasteiger partial charge in [-0.05, 0) is 30.7 Å². The molecule has 0 aliphatic carbocycles. The lowest BCUT2D eigenvalue weighted by Gasteiger charge is -2.23. The van der Waals surface area contributed by atoms with Crippen LogP contribution in [0.1, 0.15) is 31.9 Å². The van der Waals surface area contributed by atoms with Gasteiger partial charge in [0, 0.05) is 12.6 Å². The van der Waals surface area contributed by atoms with Gasteiger partial charge in [-0.25, -0.2) is 0 Å². The highest BCUT2D eigenvalue weighted by Crippen LogP contribution is 2.28. The lowest BCUT2D eigenvalue weighted by Crippen LogP contribution is -2.30. The molecule has 110 valence electrons. The molecule has 0 bridgehead atoms. The number of carbonyl (C=O) groups excluding carboxylic acids is 1. The molecule has 0 atom stereocenters. The van der Waals surface area contributed by atoms with Gasteiger partial charge < -0.3 is 10.0 Å². The molecule has 2 rings (SSSR count). The molecular formula is C17H20N2O2. The van der Waals surface area contributed by atoms with Gasteiger partial charge in [0.1, 0.15) is 5.75 Å². The van der Waals surface area contributed by atoms with E-state index >= 15 is 0 Å². The average Bonchev–Trinajstić information content (AvgIpc) is 2.52. The molecule has 1 N–H and O–H groups in total. The van der Waals surface area contributed by atoms with Crippen molar-refractivity contribution in [2.24, 2.45) is 0 Å². The van der Waals surface area contributed by atoms with E-state index in [0.717, 1.165) is 18.5 Å². The van der Waals surface area contributed by atoms with E-state index in [0.29, 0.717) is 18.7 Å². The highest BCUT2D eigenvalue weighted by Gasteiger charge is 2.18. The van der Waals surface area contributed by atoms with Gasteiger partial charge in [-0.2, -0.15) is 0 Å². The largest absolute Gasteiger partial charge is 0.506 e. The van der Waals surface area contributed by atoms with Crippen molar-refractivity contribution in [3.05, 3.63) is 54.4 Å². The standard InChI is InChI=1S/C17H20N2O2/c1-2-3-11-17(21)19(13-14-8-6-7-12-18-14)15-9-4-5-10-16(15)20/h4-10,12,20H,2-3,11,13H2,1H3. The Labute approximate surface area is 125 Å². The smallest absolute Gasteiger partial charge is 0.227 e. The molecule has 1 aromatic carbocycles. The molecule has 2 aromatic rings. The molecule has 0 aliphatic heterocycles. The molecule has 0 saturated heterocycles. The van der Waals surface area contributed by atoms with Gasteiger partial charge in [-0.3, -0.25) is 9.78 Å². The number of hydrogen-bond donors (Lipinski definition) is 1. The fourth-order valence-corrected chi connectivity index (χ4v) is 2.12. The van der Waals surface area contributed by atoms with Crippen LogP contribution in [0.4, 0.5) is 5.69 Å². The summed E-state index contributed by atoms with van der Waals surface area (Å²) in [6.07, 6.45) is 3.97. The molecule has 0 fully saturated rings. The van der Waals surface area contributed by atoms with Crippen molar-refractivity contribution in [3.8, 4) is 5.75 Å². The van der Waals surface area contributed by atoms with E-state index < -0.39 is 0 Å². The van der Waals surface area contributed by atoms with Crippen LogP contribution in [-0.2, 0) is 11.3 Å². The van der Waals surface area contributed by atoms with E-state index in [1.807, 2.05) is 24.3 Å². The van der Waals surface area contributed by atoms with Crippen LogP contribution >= 0.6 is 0 Å². The minimum absolute atomic E-state index is 0.00371. The molecule has 4 nitrogen and oxygen atoms in total. The molecule has 1 amide bonds. The quantitative estimate of drug-likeness (QED) is 0.883. The summed E-state index contributed by atoms with van der Waals surface area (Å²) in [6.45, 7) is 2.41. The molecular weight excluding hydrogens is 264 g/mol. The molecule has 0 aliphatic rings. The third-order valence-electron chi connectivity index (χ3n) is 3.26. The van der Waals surface area contributed by atoms with E-state index in [1.54, 1.807) is 29.3 Å². The van der Waals surface area contributed by atoms with Crippen LogP contribution in [0.25, 0.3) is 0 Å². The summed E-state index contributed by atoms with van der Waals surface area (Å²) in [5, 5.41) is 10.0. The van der Waals surface area contributed by atoms with Gasteiger partial charge in [0.2, 0.25) is 5.91 Å². The van der Waals surface area contributed by atoms with E-state index in [2.05, 4.69) is 11.9 Å². The zero-order valence-corrected chi connectivity index (χ0v) is 12.2. The Morgan fingerprint density at radius 3 is 2.62 bits per heavy atom. The Morgan fingerprint density at radius 2 is 1.95 bits per heavy atom. The zero-order chi connectivity index (χ0) is 15.1. The number of nitrogens with zero attached hydrogens (tertiary/aromatic N) is 2. The molecule has 4 heteroatoms. The van der Waals surface area contributed by atoms with Crippen molar-refractivity contribution < 1.29 is 9.90 Å². The van der Waals surface area contributed by atoms with Crippen LogP contribution in [0.2, 0.25) is 0 Å². The average molecular weight is 284 g/mol. The minimum Gasteiger partial charge on any atom is -0.506 e. The Kier molecular flexibility index (Phi) is 5.32.